The van der Waals surface area contributed by atoms with Gasteiger partial charge in [0.05, 0.1) is 18.1 Å². The first kappa shape index (κ1) is 13.2. The van der Waals surface area contributed by atoms with Crippen LogP contribution in [-0.2, 0) is 4.79 Å². The summed E-state index contributed by atoms with van der Waals surface area (Å²) in [5.74, 6) is -1.05. The molecule has 7 heteroatoms. The van der Waals surface area contributed by atoms with Crippen molar-refractivity contribution in [1.82, 2.24) is 0 Å². The predicted octanol–water partition coefficient (Wildman–Crippen LogP) is 1.57. The molecule has 0 saturated heterocycles. The van der Waals surface area contributed by atoms with Crippen molar-refractivity contribution in [3.8, 4) is 11.8 Å². The van der Waals surface area contributed by atoms with E-state index in [1.165, 1.54) is 13.2 Å². The largest absolute Gasteiger partial charge is 0.496 e. The van der Waals surface area contributed by atoms with Gasteiger partial charge >= 0.3 is 5.97 Å². The third-order valence-electron chi connectivity index (χ3n) is 2.07. The molecule has 0 fully saturated rings. The molecule has 0 aliphatic rings. The van der Waals surface area contributed by atoms with Gasteiger partial charge < -0.3 is 9.84 Å². The standard InChI is InChI=1S/C11H8N2O5/c1-18-8-4-7(2-3-11(14)15)9(6-12)10(5-8)13(16)17/h2-5H,1H3,(H,14,15)/b3-2+. The number of ether oxygens (including phenoxy) is 1. The summed E-state index contributed by atoms with van der Waals surface area (Å²) in [6, 6.07) is 4.14. The Bertz CT molecular complexity index is 572. The third-order valence-corrected chi connectivity index (χ3v) is 2.07. The molecule has 0 unspecified atom stereocenters. The van der Waals surface area contributed by atoms with Gasteiger partial charge in [-0.15, -0.1) is 0 Å². The number of carboxylic acids is 1. The van der Waals surface area contributed by atoms with E-state index in [2.05, 4.69) is 0 Å². The van der Waals surface area contributed by atoms with Crippen LogP contribution in [0.15, 0.2) is 18.2 Å². The molecule has 1 aromatic carbocycles. The van der Waals surface area contributed by atoms with E-state index in [0.29, 0.717) is 0 Å². The van der Waals surface area contributed by atoms with Crippen molar-refractivity contribution in [3.63, 3.8) is 0 Å². The fourth-order valence-electron chi connectivity index (χ4n) is 1.30. The molecule has 0 aliphatic carbocycles. The molecule has 0 radical (unpaired) electrons. The average Bonchev–Trinajstić information content (AvgIpc) is 2.34. The maximum atomic E-state index is 10.8. The van der Waals surface area contributed by atoms with Crippen LogP contribution in [0.5, 0.6) is 5.75 Å². The van der Waals surface area contributed by atoms with Gasteiger partial charge in [0.25, 0.3) is 5.69 Å². The smallest absolute Gasteiger partial charge is 0.328 e. The summed E-state index contributed by atoms with van der Waals surface area (Å²) in [6.45, 7) is 0. The van der Waals surface area contributed by atoms with Crippen LogP contribution in [0.2, 0.25) is 0 Å². The Hall–Kier alpha value is -2.88. The highest BCUT2D eigenvalue weighted by Crippen LogP contribution is 2.28. The molecular weight excluding hydrogens is 240 g/mol. The lowest BCUT2D eigenvalue weighted by molar-refractivity contribution is -0.385. The van der Waals surface area contributed by atoms with Crippen LogP contribution in [0.3, 0.4) is 0 Å². The Morgan fingerprint density at radius 1 is 1.61 bits per heavy atom. The summed E-state index contributed by atoms with van der Waals surface area (Å²) >= 11 is 0. The zero-order valence-corrected chi connectivity index (χ0v) is 9.28. The van der Waals surface area contributed by atoms with E-state index < -0.39 is 16.6 Å². The maximum absolute atomic E-state index is 10.8. The summed E-state index contributed by atoms with van der Waals surface area (Å²) in [5.41, 5.74) is -0.522. The Labute approximate surface area is 102 Å². The monoisotopic (exact) mass is 248 g/mol. The SMILES string of the molecule is COc1cc(/C=C/C(=O)O)c(C#N)c([N+](=O)[O-])c1. The Kier molecular flexibility index (Phi) is 3.99. The van der Waals surface area contributed by atoms with Gasteiger partial charge in [0.15, 0.2) is 0 Å². The summed E-state index contributed by atoms with van der Waals surface area (Å²) in [6.07, 6.45) is 1.90. The van der Waals surface area contributed by atoms with Crippen molar-refractivity contribution < 1.29 is 19.6 Å². The highest BCUT2D eigenvalue weighted by molar-refractivity contribution is 5.86. The van der Waals surface area contributed by atoms with Gasteiger partial charge in [0.2, 0.25) is 0 Å². The van der Waals surface area contributed by atoms with Crippen LogP contribution in [0.25, 0.3) is 6.08 Å². The number of nitriles is 1. The minimum atomic E-state index is -1.22. The second-order valence-electron chi connectivity index (χ2n) is 3.15. The molecular formula is C11H8N2O5. The normalized spacial score (nSPS) is 10.0. The van der Waals surface area contributed by atoms with Gasteiger partial charge in [-0.05, 0) is 12.1 Å². The first-order chi connectivity index (χ1) is 8.49. The van der Waals surface area contributed by atoms with Gasteiger partial charge in [-0.3, -0.25) is 10.1 Å². The van der Waals surface area contributed by atoms with Crippen molar-refractivity contribution in [3.05, 3.63) is 39.4 Å². The van der Waals surface area contributed by atoms with E-state index in [4.69, 9.17) is 15.1 Å². The van der Waals surface area contributed by atoms with Crippen molar-refractivity contribution >= 4 is 17.7 Å². The molecule has 1 aromatic rings. The number of benzene rings is 1. The van der Waals surface area contributed by atoms with Crippen molar-refractivity contribution in [2.24, 2.45) is 0 Å². The van der Waals surface area contributed by atoms with E-state index in [1.807, 2.05) is 0 Å². The Morgan fingerprint density at radius 3 is 2.72 bits per heavy atom. The summed E-state index contributed by atoms with van der Waals surface area (Å²) < 4.78 is 4.86. The average molecular weight is 248 g/mol. The molecule has 0 amide bonds. The summed E-state index contributed by atoms with van der Waals surface area (Å²) in [4.78, 5) is 20.5. The lowest BCUT2D eigenvalue weighted by Crippen LogP contribution is -1.97. The van der Waals surface area contributed by atoms with Crippen molar-refractivity contribution in [2.75, 3.05) is 7.11 Å². The number of rotatable bonds is 4. The molecule has 0 spiro atoms. The van der Waals surface area contributed by atoms with Crippen LogP contribution in [-0.4, -0.2) is 23.1 Å². The van der Waals surface area contributed by atoms with Crippen molar-refractivity contribution in [1.29, 1.82) is 5.26 Å². The van der Waals surface area contributed by atoms with Gasteiger partial charge in [-0.25, -0.2) is 4.79 Å². The number of carboxylic acid groups (broad SMARTS) is 1. The van der Waals surface area contributed by atoms with Crippen LogP contribution in [0.1, 0.15) is 11.1 Å². The van der Waals surface area contributed by atoms with Crippen molar-refractivity contribution in [2.45, 2.75) is 0 Å². The molecule has 18 heavy (non-hydrogen) atoms. The Morgan fingerprint density at radius 2 is 2.28 bits per heavy atom. The minimum absolute atomic E-state index is 0.117. The first-order valence-corrected chi connectivity index (χ1v) is 4.67. The highest BCUT2D eigenvalue weighted by Gasteiger charge is 2.18. The number of nitro benzene ring substituents is 1. The molecule has 1 rings (SSSR count). The number of hydrogen-bond acceptors (Lipinski definition) is 5. The van der Waals surface area contributed by atoms with E-state index in [0.717, 1.165) is 18.2 Å². The number of nitro groups is 1. The quantitative estimate of drug-likeness (QED) is 0.491. The first-order valence-electron chi connectivity index (χ1n) is 4.67. The van der Waals surface area contributed by atoms with Crippen LogP contribution in [0.4, 0.5) is 5.69 Å². The van der Waals surface area contributed by atoms with E-state index in [9.17, 15) is 14.9 Å². The van der Waals surface area contributed by atoms with Gasteiger partial charge in [-0.1, -0.05) is 0 Å². The molecule has 0 saturated carbocycles. The summed E-state index contributed by atoms with van der Waals surface area (Å²) in [5, 5.41) is 28.2. The molecule has 7 nitrogen and oxygen atoms in total. The van der Waals surface area contributed by atoms with E-state index >= 15 is 0 Å². The van der Waals surface area contributed by atoms with Crippen LogP contribution >= 0.6 is 0 Å². The molecule has 92 valence electrons. The number of nitrogens with zero attached hydrogens (tertiary/aromatic N) is 2. The maximum Gasteiger partial charge on any atom is 0.328 e. The fraction of sp³-hybridized carbons (Fsp3) is 0.0909. The molecule has 1 N–H and O–H groups in total. The number of carbonyl (C=O) groups is 1. The van der Waals surface area contributed by atoms with Crippen LogP contribution < -0.4 is 4.74 Å². The van der Waals surface area contributed by atoms with Crippen LogP contribution in [0, 0.1) is 21.4 Å². The van der Waals surface area contributed by atoms with E-state index in [1.54, 1.807) is 6.07 Å². The topological polar surface area (TPSA) is 113 Å². The highest BCUT2D eigenvalue weighted by atomic mass is 16.6. The zero-order valence-electron chi connectivity index (χ0n) is 9.28. The van der Waals surface area contributed by atoms with E-state index in [-0.39, 0.29) is 16.9 Å². The van der Waals surface area contributed by atoms with Gasteiger partial charge in [0, 0.05) is 11.6 Å². The second-order valence-corrected chi connectivity index (χ2v) is 3.15. The van der Waals surface area contributed by atoms with Gasteiger partial charge in [0.1, 0.15) is 17.4 Å². The Balaban J connectivity index is 3.48. The lowest BCUT2D eigenvalue weighted by Gasteiger charge is -2.04. The number of hydrogen-bond donors (Lipinski definition) is 1. The molecule has 0 aromatic heterocycles. The molecule has 0 heterocycles. The summed E-state index contributed by atoms with van der Waals surface area (Å²) in [7, 11) is 1.32. The lowest BCUT2D eigenvalue weighted by atomic mass is 10.1. The third kappa shape index (κ3) is 2.82. The fourth-order valence-corrected chi connectivity index (χ4v) is 1.30. The number of methoxy groups -OCH3 is 1. The molecule has 0 atom stereocenters. The minimum Gasteiger partial charge on any atom is -0.496 e. The number of aliphatic carboxylic acids is 1. The molecule has 0 aliphatic heterocycles. The van der Waals surface area contributed by atoms with Gasteiger partial charge in [-0.2, -0.15) is 5.26 Å². The zero-order chi connectivity index (χ0) is 13.7. The molecule has 0 bridgehead atoms. The predicted molar refractivity (Wildman–Crippen MR) is 61.0 cm³/mol. The second kappa shape index (κ2) is 5.45.